The lowest BCUT2D eigenvalue weighted by Crippen LogP contribution is -2.57. The number of ether oxygens (including phenoxy) is 2. The molecule has 262 valence electrons. The van der Waals surface area contributed by atoms with E-state index in [4.69, 9.17) is 9.47 Å². The molecule has 10 nitrogen and oxygen atoms in total. The van der Waals surface area contributed by atoms with E-state index >= 15 is 0 Å². The molecule has 3 aliphatic heterocycles. The van der Waals surface area contributed by atoms with Gasteiger partial charge in [0.2, 0.25) is 17.7 Å². The van der Waals surface area contributed by atoms with Gasteiger partial charge in [-0.3, -0.25) is 19.2 Å². The Hall–Kier alpha value is -4.28. The van der Waals surface area contributed by atoms with Gasteiger partial charge in [-0.15, -0.1) is 13.2 Å². The number of carbonyl (C=O) groups excluding carboxylic acids is 4. The van der Waals surface area contributed by atoms with Crippen LogP contribution in [0.15, 0.2) is 86.0 Å². The molecule has 5 rings (SSSR count). The van der Waals surface area contributed by atoms with Gasteiger partial charge in [-0.25, -0.2) is 0 Å². The monoisotopic (exact) mass is 671 g/mol. The number of rotatable bonds is 17. The molecule has 0 saturated carbocycles. The molecule has 3 amide bonds. The highest BCUT2D eigenvalue weighted by atomic mass is 16.6. The SMILES string of the molecule is C=CCCC(=O)N[C@H](C)[C@@H](OC(=O)[C@@H]1[C@@H]2CC[C@]3(O2)[C@H](C(=O)N(CC=C)CCCC)N([C@H](CO)c2ccccc2)C(=O)[C@@H]13)c1ccccc1. The highest BCUT2D eigenvalue weighted by Gasteiger charge is 2.75. The van der Waals surface area contributed by atoms with Crippen molar-refractivity contribution in [1.29, 1.82) is 0 Å². The van der Waals surface area contributed by atoms with Crippen LogP contribution in [0.4, 0.5) is 0 Å². The Morgan fingerprint density at radius 2 is 1.78 bits per heavy atom. The number of nitrogens with one attached hydrogen (secondary N) is 1. The normalized spacial score (nSPS) is 25.6. The van der Waals surface area contributed by atoms with Gasteiger partial charge >= 0.3 is 5.97 Å². The number of nitrogens with zero attached hydrogens (tertiary/aromatic N) is 2. The number of aliphatic hydroxyl groups excluding tert-OH is 1. The number of aliphatic hydroxyl groups is 1. The molecule has 10 heteroatoms. The third-order valence-electron chi connectivity index (χ3n) is 10.2. The number of unbranched alkanes of at least 4 members (excludes halogenated alkanes) is 1. The highest BCUT2D eigenvalue weighted by Crippen LogP contribution is 2.60. The summed E-state index contributed by atoms with van der Waals surface area (Å²) >= 11 is 0. The number of hydrogen-bond acceptors (Lipinski definition) is 7. The van der Waals surface area contributed by atoms with Crippen molar-refractivity contribution in [3.8, 4) is 0 Å². The van der Waals surface area contributed by atoms with Gasteiger partial charge in [0.25, 0.3) is 0 Å². The molecule has 2 aromatic carbocycles. The van der Waals surface area contributed by atoms with Crippen molar-refractivity contribution in [2.75, 3.05) is 19.7 Å². The molecular formula is C39H49N3O7. The molecule has 2 aromatic rings. The van der Waals surface area contributed by atoms with Crippen LogP contribution in [-0.2, 0) is 28.7 Å². The average molecular weight is 672 g/mol. The number of carbonyl (C=O) groups is 4. The molecule has 3 heterocycles. The molecule has 0 unspecified atom stereocenters. The Kier molecular flexibility index (Phi) is 11.7. The van der Waals surface area contributed by atoms with Crippen molar-refractivity contribution < 1.29 is 33.8 Å². The first-order valence-electron chi connectivity index (χ1n) is 17.4. The molecule has 2 bridgehead atoms. The predicted octanol–water partition coefficient (Wildman–Crippen LogP) is 4.66. The van der Waals surface area contributed by atoms with Crippen LogP contribution >= 0.6 is 0 Å². The number of fused-ring (bicyclic) bond motifs is 1. The van der Waals surface area contributed by atoms with Gasteiger partial charge in [0.15, 0.2) is 0 Å². The van der Waals surface area contributed by atoms with Crippen molar-refractivity contribution in [3.05, 3.63) is 97.1 Å². The number of allylic oxidation sites excluding steroid dienone is 1. The quantitative estimate of drug-likeness (QED) is 0.185. The van der Waals surface area contributed by atoms with Crippen LogP contribution in [-0.4, -0.2) is 82.1 Å². The van der Waals surface area contributed by atoms with Crippen LogP contribution in [0, 0.1) is 11.8 Å². The van der Waals surface area contributed by atoms with Gasteiger partial charge in [0, 0.05) is 19.5 Å². The van der Waals surface area contributed by atoms with Crippen LogP contribution in [0.1, 0.15) is 75.6 Å². The Morgan fingerprint density at radius 3 is 2.39 bits per heavy atom. The van der Waals surface area contributed by atoms with Crippen molar-refractivity contribution in [2.45, 2.75) is 88.3 Å². The van der Waals surface area contributed by atoms with E-state index in [1.54, 1.807) is 24.0 Å². The van der Waals surface area contributed by atoms with Crippen LogP contribution in [0.25, 0.3) is 0 Å². The molecule has 0 aliphatic carbocycles. The zero-order valence-electron chi connectivity index (χ0n) is 28.5. The summed E-state index contributed by atoms with van der Waals surface area (Å²) in [5.41, 5.74) is 0.0949. The van der Waals surface area contributed by atoms with Crippen molar-refractivity contribution in [2.24, 2.45) is 11.8 Å². The average Bonchev–Trinajstić information content (AvgIpc) is 3.76. The van der Waals surface area contributed by atoms with E-state index in [1.165, 1.54) is 4.90 Å². The molecule has 2 N–H and O–H groups in total. The second-order valence-corrected chi connectivity index (χ2v) is 13.3. The lowest BCUT2D eigenvalue weighted by atomic mass is 9.70. The molecule has 0 radical (unpaired) electrons. The lowest BCUT2D eigenvalue weighted by Gasteiger charge is -2.39. The molecule has 1 spiro atoms. The maximum absolute atomic E-state index is 14.8. The predicted molar refractivity (Wildman–Crippen MR) is 185 cm³/mol. The maximum Gasteiger partial charge on any atom is 0.313 e. The Balaban J connectivity index is 1.51. The standard InChI is InChI=1S/C39H49N3O7/c1-5-8-20-31(44)40-26(4)34(28-18-14-11-15-19-28)48-38(47)32-30-21-22-39(49-30)33(32)36(45)42(29(25-43)27-16-12-10-13-17-27)35(39)37(46)41(23-7-3)24-9-6-2/h5,7,10-19,26,29-30,32-35,43H,1,3,6,8-9,20-25H2,2,4H3,(H,40,44)/t26-,29-,30+,32-,33-,34-,35+,39-/m1/s1. The summed E-state index contributed by atoms with van der Waals surface area (Å²) in [6, 6.07) is 15.8. The second-order valence-electron chi connectivity index (χ2n) is 13.3. The summed E-state index contributed by atoms with van der Waals surface area (Å²) in [5.74, 6) is -3.48. The van der Waals surface area contributed by atoms with Gasteiger partial charge in [0.1, 0.15) is 17.7 Å². The fourth-order valence-electron chi connectivity index (χ4n) is 7.91. The third-order valence-corrected chi connectivity index (χ3v) is 10.2. The molecule has 49 heavy (non-hydrogen) atoms. The van der Waals surface area contributed by atoms with Crippen LogP contribution in [0.3, 0.4) is 0 Å². The largest absolute Gasteiger partial charge is 0.455 e. The Morgan fingerprint density at radius 1 is 1.10 bits per heavy atom. The Bertz CT molecular complexity index is 1500. The Labute approximate surface area is 289 Å². The number of benzene rings is 2. The zero-order chi connectivity index (χ0) is 35.1. The summed E-state index contributed by atoms with van der Waals surface area (Å²) in [6.45, 7) is 11.7. The molecular weight excluding hydrogens is 622 g/mol. The molecule has 0 aromatic heterocycles. The lowest BCUT2D eigenvalue weighted by molar-refractivity contribution is -0.162. The van der Waals surface area contributed by atoms with Gasteiger partial charge < -0.3 is 29.7 Å². The van der Waals surface area contributed by atoms with Gasteiger partial charge in [-0.1, -0.05) is 86.2 Å². The number of likely N-dealkylation sites (tertiary alicyclic amines) is 1. The van der Waals surface area contributed by atoms with E-state index in [9.17, 15) is 24.3 Å². The molecule has 3 saturated heterocycles. The summed E-state index contributed by atoms with van der Waals surface area (Å²) in [4.78, 5) is 59.6. The smallest absolute Gasteiger partial charge is 0.313 e. The van der Waals surface area contributed by atoms with Crippen LogP contribution in [0.2, 0.25) is 0 Å². The summed E-state index contributed by atoms with van der Waals surface area (Å²) in [5, 5.41) is 13.7. The third kappa shape index (κ3) is 7.07. The van der Waals surface area contributed by atoms with E-state index in [2.05, 4.69) is 18.5 Å². The van der Waals surface area contributed by atoms with Crippen molar-refractivity contribution >= 4 is 23.7 Å². The van der Waals surface area contributed by atoms with Crippen molar-refractivity contribution in [3.63, 3.8) is 0 Å². The summed E-state index contributed by atoms with van der Waals surface area (Å²) in [7, 11) is 0. The first-order chi connectivity index (χ1) is 23.7. The second kappa shape index (κ2) is 16.0. The number of esters is 1. The van der Waals surface area contributed by atoms with Crippen LogP contribution in [0.5, 0.6) is 0 Å². The minimum atomic E-state index is -1.27. The van der Waals surface area contributed by atoms with Crippen molar-refractivity contribution in [1.82, 2.24) is 15.1 Å². The molecule has 3 aliphatic rings. The fourth-order valence-corrected chi connectivity index (χ4v) is 7.91. The van der Waals surface area contributed by atoms with E-state index < -0.39 is 66.3 Å². The summed E-state index contributed by atoms with van der Waals surface area (Å²) in [6.07, 6.45) is 5.14. The van der Waals surface area contributed by atoms with Gasteiger partial charge in [0.05, 0.1) is 36.6 Å². The van der Waals surface area contributed by atoms with Gasteiger partial charge in [-0.05, 0) is 43.7 Å². The highest BCUT2D eigenvalue weighted by molar-refractivity contribution is 5.98. The fraction of sp³-hybridized carbons (Fsp3) is 0.487. The topological polar surface area (TPSA) is 125 Å². The van der Waals surface area contributed by atoms with E-state index in [0.717, 1.165) is 12.8 Å². The maximum atomic E-state index is 14.8. The minimum Gasteiger partial charge on any atom is -0.455 e. The van der Waals surface area contributed by atoms with E-state index in [0.29, 0.717) is 36.9 Å². The zero-order valence-corrected chi connectivity index (χ0v) is 28.5. The van der Waals surface area contributed by atoms with E-state index in [1.807, 2.05) is 67.6 Å². The first kappa shape index (κ1) is 36.0. The molecule has 3 fully saturated rings. The number of hydrogen-bond donors (Lipinski definition) is 2. The minimum absolute atomic E-state index is 0.197. The van der Waals surface area contributed by atoms with E-state index in [-0.39, 0.29) is 24.8 Å². The number of amides is 3. The van der Waals surface area contributed by atoms with Gasteiger partial charge in [-0.2, -0.15) is 0 Å². The van der Waals surface area contributed by atoms with Crippen LogP contribution < -0.4 is 5.32 Å². The summed E-state index contributed by atoms with van der Waals surface area (Å²) < 4.78 is 12.9. The first-order valence-corrected chi connectivity index (χ1v) is 17.4. The molecule has 8 atom stereocenters.